The highest BCUT2D eigenvalue weighted by Crippen LogP contribution is 2.34. The molecule has 0 amide bonds. The van der Waals surface area contributed by atoms with Crippen LogP contribution in [0.5, 0.6) is 0 Å². The second-order valence-electron chi connectivity index (χ2n) is 4.22. The van der Waals surface area contributed by atoms with Crippen molar-refractivity contribution in [2.75, 3.05) is 0 Å². The Morgan fingerprint density at radius 2 is 2.11 bits per heavy atom. The number of aliphatic hydroxyl groups excluding tert-OH is 1. The van der Waals surface area contributed by atoms with E-state index < -0.39 is 6.10 Å². The van der Waals surface area contributed by atoms with Gasteiger partial charge in [-0.25, -0.2) is 0 Å². The highest BCUT2D eigenvalue weighted by Gasteiger charge is 2.09. The Hall–Kier alpha value is -0.970. The van der Waals surface area contributed by atoms with E-state index in [0.29, 0.717) is 5.02 Å². The van der Waals surface area contributed by atoms with Crippen LogP contribution in [-0.4, -0.2) is 14.9 Å². The number of aryl methyl sites for hydroxylation is 2. The molecule has 2 aromatic rings. The Labute approximate surface area is 116 Å². The van der Waals surface area contributed by atoms with Crippen LogP contribution in [0.2, 0.25) is 5.02 Å². The quantitative estimate of drug-likeness (QED) is 0.935. The van der Waals surface area contributed by atoms with Gasteiger partial charge in [0.2, 0.25) is 0 Å². The molecule has 0 aliphatic rings. The van der Waals surface area contributed by atoms with Crippen molar-refractivity contribution < 1.29 is 5.11 Å². The van der Waals surface area contributed by atoms with Crippen molar-refractivity contribution in [3.05, 3.63) is 40.5 Å². The Morgan fingerprint density at radius 1 is 1.39 bits per heavy atom. The Bertz CT molecular complexity index is 566. The first-order valence-electron chi connectivity index (χ1n) is 5.63. The van der Waals surface area contributed by atoms with E-state index in [1.807, 2.05) is 36.9 Å². The van der Waals surface area contributed by atoms with Gasteiger partial charge in [-0.05, 0) is 37.6 Å². The first-order valence-corrected chi connectivity index (χ1v) is 6.83. The van der Waals surface area contributed by atoms with Gasteiger partial charge in [-0.2, -0.15) is 5.10 Å². The minimum absolute atomic E-state index is 0.500. The van der Waals surface area contributed by atoms with Crippen molar-refractivity contribution in [1.29, 1.82) is 0 Å². The molecule has 5 heteroatoms. The van der Waals surface area contributed by atoms with Gasteiger partial charge in [0.15, 0.2) is 0 Å². The fourth-order valence-corrected chi connectivity index (χ4v) is 2.88. The SMILES string of the molecule is Cc1cc(Sc2ccc([C@H](C)O)cc2Cl)n(C)n1. The maximum atomic E-state index is 9.50. The van der Waals surface area contributed by atoms with Crippen LogP contribution < -0.4 is 0 Å². The van der Waals surface area contributed by atoms with Crippen molar-refractivity contribution in [1.82, 2.24) is 9.78 Å². The van der Waals surface area contributed by atoms with Gasteiger partial charge in [-0.1, -0.05) is 29.4 Å². The molecular weight excluding hydrogens is 268 g/mol. The van der Waals surface area contributed by atoms with Gasteiger partial charge in [0, 0.05) is 11.9 Å². The van der Waals surface area contributed by atoms with E-state index >= 15 is 0 Å². The lowest BCUT2D eigenvalue weighted by atomic mass is 10.1. The molecule has 0 fully saturated rings. The topological polar surface area (TPSA) is 38.0 Å². The fraction of sp³-hybridized carbons (Fsp3) is 0.308. The molecule has 96 valence electrons. The van der Waals surface area contributed by atoms with Gasteiger partial charge in [-0.3, -0.25) is 4.68 Å². The summed E-state index contributed by atoms with van der Waals surface area (Å²) < 4.78 is 1.83. The van der Waals surface area contributed by atoms with Gasteiger partial charge in [0.1, 0.15) is 0 Å². The molecule has 0 saturated carbocycles. The molecule has 0 unspecified atom stereocenters. The van der Waals surface area contributed by atoms with E-state index in [4.69, 9.17) is 11.6 Å². The maximum Gasteiger partial charge on any atom is 0.0987 e. The van der Waals surface area contributed by atoms with Gasteiger partial charge in [0.25, 0.3) is 0 Å². The molecule has 1 atom stereocenters. The number of hydrogen-bond donors (Lipinski definition) is 1. The second kappa shape index (κ2) is 5.34. The lowest BCUT2D eigenvalue weighted by molar-refractivity contribution is 0.199. The van der Waals surface area contributed by atoms with Gasteiger partial charge >= 0.3 is 0 Å². The normalized spacial score (nSPS) is 12.7. The molecule has 1 aromatic heterocycles. The summed E-state index contributed by atoms with van der Waals surface area (Å²) in [4.78, 5) is 0.962. The predicted octanol–water partition coefficient (Wildman–Crippen LogP) is 3.59. The zero-order valence-corrected chi connectivity index (χ0v) is 12.1. The van der Waals surface area contributed by atoms with Crippen molar-refractivity contribution in [3.8, 4) is 0 Å². The molecule has 18 heavy (non-hydrogen) atoms. The van der Waals surface area contributed by atoms with Crippen LogP contribution in [0.3, 0.4) is 0 Å². The second-order valence-corrected chi connectivity index (χ2v) is 5.68. The van der Waals surface area contributed by atoms with Crippen molar-refractivity contribution in [3.63, 3.8) is 0 Å². The third-order valence-corrected chi connectivity index (χ3v) is 4.20. The van der Waals surface area contributed by atoms with Gasteiger partial charge in [0.05, 0.1) is 21.8 Å². The van der Waals surface area contributed by atoms with Crippen LogP contribution in [0.15, 0.2) is 34.2 Å². The summed E-state index contributed by atoms with van der Waals surface area (Å²) >= 11 is 7.79. The molecule has 0 aliphatic heterocycles. The maximum absolute atomic E-state index is 9.50. The lowest BCUT2D eigenvalue weighted by Gasteiger charge is -2.08. The zero-order chi connectivity index (χ0) is 13.3. The van der Waals surface area contributed by atoms with E-state index in [1.54, 1.807) is 24.8 Å². The van der Waals surface area contributed by atoms with Crippen molar-refractivity contribution in [2.45, 2.75) is 29.9 Å². The van der Waals surface area contributed by atoms with Crippen molar-refractivity contribution in [2.24, 2.45) is 7.05 Å². The van der Waals surface area contributed by atoms with Gasteiger partial charge in [-0.15, -0.1) is 0 Å². The molecule has 0 aliphatic carbocycles. The Morgan fingerprint density at radius 3 is 2.61 bits per heavy atom. The van der Waals surface area contributed by atoms with E-state index in [9.17, 15) is 5.11 Å². The number of hydrogen-bond acceptors (Lipinski definition) is 3. The number of aliphatic hydroxyl groups is 1. The highest BCUT2D eigenvalue weighted by atomic mass is 35.5. The summed E-state index contributed by atoms with van der Waals surface area (Å²) in [6.07, 6.45) is -0.500. The summed E-state index contributed by atoms with van der Waals surface area (Å²) in [6.45, 7) is 3.69. The summed E-state index contributed by atoms with van der Waals surface area (Å²) in [6, 6.07) is 7.64. The Kier molecular flexibility index (Phi) is 4.00. The van der Waals surface area contributed by atoms with Crippen LogP contribution in [0.25, 0.3) is 0 Å². The lowest BCUT2D eigenvalue weighted by Crippen LogP contribution is -1.93. The van der Waals surface area contributed by atoms with E-state index in [-0.39, 0.29) is 0 Å². The number of nitrogens with zero attached hydrogens (tertiary/aromatic N) is 2. The largest absolute Gasteiger partial charge is 0.389 e. The molecule has 0 saturated heterocycles. The summed E-state index contributed by atoms with van der Waals surface area (Å²) in [5.74, 6) is 0. The Balaban J connectivity index is 2.27. The monoisotopic (exact) mass is 282 g/mol. The van der Waals surface area contributed by atoms with E-state index in [2.05, 4.69) is 5.10 Å². The standard InChI is InChI=1S/C13H15ClN2OS/c1-8-6-13(16(3)15-8)18-12-5-4-10(9(2)17)7-11(12)14/h4-7,9,17H,1-3H3/t9-/m0/s1. The fourth-order valence-electron chi connectivity index (χ4n) is 1.65. The third kappa shape index (κ3) is 2.88. The average Bonchev–Trinajstić information content (AvgIpc) is 2.60. The van der Waals surface area contributed by atoms with Crippen LogP contribution in [0.4, 0.5) is 0 Å². The molecule has 1 N–H and O–H groups in total. The van der Waals surface area contributed by atoms with Crippen LogP contribution in [-0.2, 0) is 7.05 Å². The average molecular weight is 283 g/mol. The molecular formula is C13H15ClN2OS. The summed E-state index contributed by atoms with van der Waals surface area (Å²) in [5, 5.41) is 15.5. The highest BCUT2D eigenvalue weighted by molar-refractivity contribution is 7.99. The van der Waals surface area contributed by atoms with Crippen molar-refractivity contribution >= 4 is 23.4 Å². The number of rotatable bonds is 3. The molecule has 2 rings (SSSR count). The van der Waals surface area contributed by atoms with E-state index in [0.717, 1.165) is 21.2 Å². The number of aromatic nitrogens is 2. The first kappa shape index (κ1) is 13.5. The first-order chi connectivity index (χ1) is 8.47. The number of halogens is 1. The smallest absolute Gasteiger partial charge is 0.0987 e. The van der Waals surface area contributed by atoms with Crippen LogP contribution >= 0.6 is 23.4 Å². The molecule has 0 radical (unpaired) electrons. The molecule has 1 aromatic carbocycles. The molecule has 3 nitrogen and oxygen atoms in total. The van der Waals surface area contributed by atoms with Crippen LogP contribution in [0.1, 0.15) is 24.3 Å². The molecule has 1 heterocycles. The zero-order valence-electron chi connectivity index (χ0n) is 10.5. The van der Waals surface area contributed by atoms with E-state index in [1.165, 1.54) is 0 Å². The van der Waals surface area contributed by atoms with Crippen LogP contribution in [0, 0.1) is 6.92 Å². The number of benzene rings is 1. The summed E-state index contributed by atoms with van der Waals surface area (Å²) in [7, 11) is 1.91. The molecule has 0 bridgehead atoms. The third-order valence-electron chi connectivity index (χ3n) is 2.61. The minimum Gasteiger partial charge on any atom is -0.389 e. The minimum atomic E-state index is -0.500. The predicted molar refractivity (Wildman–Crippen MR) is 74.2 cm³/mol. The molecule has 0 spiro atoms. The van der Waals surface area contributed by atoms with Gasteiger partial charge < -0.3 is 5.11 Å². The summed E-state index contributed by atoms with van der Waals surface area (Å²) in [5.41, 5.74) is 1.81.